The lowest BCUT2D eigenvalue weighted by Gasteiger charge is -2.38. The number of hydrogen-bond acceptors (Lipinski definition) is 3. The third kappa shape index (κ3) is 4.01. The van der Waals surface area contributed by atoms with E-state index in [0.29, 0.717) is 12.6 Å². The lowest BCUT2D eigenvalue weighted by molar-refractivity contribution is -0.131. The van der Waals surface area contributed by atoms with E-state index < -0.39 is 0 Å². The number of piperidine rings is 1. The first-order valence-electron chi connectivity index (χ1n) is 8.50. The molecule has 120 valence electrons. The summed E-state index contributed by atoms with van der Waals surface area (Å²) in [6, 6.07) is 11.0. The van der Waals surface area contributed by atoms with E-state index in [4.69, 9.17) is 0 Å². The Morgan fingerprint density at radius 2 is 1.86 bits per heavy atom. The normalized spacial score (nSPS) is 19.2. The highest BCUT2D eigenvalue weighted by Crippen LogP contribution is 2.27. The Hall–Kier alpha value is -1.55. The van der Waals surface area contributed by atoms with Crippen molar-refractivity contribution in [2.45, 2.75) is 31.7 Å². The van der Waals surface area contributed by atoms with Crippen LogP contribution in [0.5, 0.6) is 0 Å². The lowest BCUT2D eigenvalue weighted by atomic mass is 10.0. The summed E-state index contributed by atoms with van der Waals surface area (Å²) in [5.74, 6) is 1.10. The Bertz CT molecular complexity index is 478. The number of para-hydroxylation sites is 1. The fourth-order valence-electron chi connectivity index (χ4n) is 3.19. The van der Waals surface area contributed by atoms with Gasteiger partial charge in [0, 0.05) is 31.9 Å². The summed E-state index contributed by atoms with van der Waals surface area (Å²) in [5, 5.41) is 3.30. The maximum atomic E-state index is 12.2. The molecule has 0 atom stereocenters. The van der Waals surface area contributed by atoms with E-state index in [1.807, 2.05) is 11.0 Å². The largest absolute Gasteiger partial charge is 0.371 e. The van der Waals surface area contributed by atoms with Crippen LogP contribution in [0, 0.1) is 5.92 Å². The molecule has 0 spiro atoms. The van der Waals surface area contributed by atoms with Crippen LogP contribution >= 0.6 is 0 Å². The number of carbonyl (C=O) groups is 1. The van der Waals surface area contributed by atoms with Crippen molar-refractivity contribution in [2.24, 2.45) is 5.92 Å². The minimum Gasteiger partial charge on any atom is -0.371 e. The van der Waals surface area contributed by atoms with Gasteiger partial charge >= 0.3 is 0 Å². The molecule has 2 aliphatic rings. The number of nitrogens with zero attached hydrogens (tertiary/aromatic N) is 2. The van der Waals surface area contributed by atoms with Crippen LogP contribution in [0.3, 0.4) is 0 Å². The number of rotatable bonds is 6. The van der Waals surface area contributed by atoms with Crippen LogP contribution in [-0.2, 0) is 4.79 Å². The molecular weight excluding hydrogens is 274 g/mol. The smallest absolute Gasteiger partial charge is 0.236 e. The zero-order chi connectivity index (χ0) is 15.4. The van der Waals surface area contributed by atoms with Crippen molar-refractivity contribution in [3.63, 3.8) is 0 Å². The highest BCUT2D eigenvalue weighted by molar-refractivity contribution is 5.78. The van der Waals surface area contributed by atoms with Gasteiger partial charge in [-0.1, -0.05) is 18.2 Å². The van der Waals surface area contributed by atoms with Crippen LogP contribution in [0.4, 0.5) is 5.69 Å². The molecule has 1 amide bonds. The zero-order valence-corrected chi connectivity index (χ0v) is 13.5. The molecule has 1 saturated carbocycles. The summed E-state index contributed by atoms with van der Waals surface area (Å²) >= 11 is 0. The predicted molar refractivity (Wildman–Crippen MR) is 90.0 cm³/mol. The van der Waals surface area contributed by atoms with Crippen molar-refractivity contribution in [1.82, 2.24) is 10.2 Å². The molecule has 4 heteroatoms. The number of benzene rings is 1. The van der Waals surface area contributed by atoms with Gasteiger partial charge in [0.15, 0.2) is 0 Å². The molecule has 4 nitrogen and oxygen atoms in total. The Labute approximate surface area is 133 Å². The Morgan fingerprint density at radius 1 is 1.18 bits per heavy atom. The number of anilines is 1. The molecule has 1 heterocycles. The van der Waals surface area contributed by atoms with E-state index in [9.17, 15) is 4.79 Å². The molecule has 0 radical (unpaired) electrons. The van der Waals surface area contributed by atoms with Gasteiger partial charge < -0.3 is 15.1 Å². The number of likely N-dealkylation sites (tertiary alicyclic amines) is 1. The number of hydrogen-bond donors (Lipinski definition) is 1. The first-order valence-corrected chi connectivity index (χ1v) is 8.50. The number of carbonyl (C=O) groups excluding carboxylic acids is 1. The second-order valence-electron chi connectivity index (χ2n) is 6.63. The van der Waals surface area contributed by atoms with Crippen molar-refractivity contribution in [1.29, 1.82) is 0 Å². The minimum absolute atomic E-state index is 0.265. The second kappa shape index (κ2) is 7.14. The minimum atomic E-state index is 0.265. The fraction of sp³-hybridized carbons (Fsp3) is 0.611. The predicted octanol–water partition coefficient (Wildman–Crippen LogP) is 2.11. The maximum absolute atomic E-state index is 12.2. The molecule has 0 aromatic heterocycles. The fourth-order valence-corrected chi connectivity index (χ4v) is 3.19. The molecule has 3 rings (SSSR count). The van der Waals surface area contributed by atoms with Crippen molar-refractivity contribution in [3.05, 3.63) is 30.3 Å². The topological polar surface area (TPSA) is 35.6 Å². The Morgan fingerprint density at radius 3 is 2.50 bits per heavy atom. The van der Waals surface area contributed by atoms with Gasteiger partial charge in [-0.05, 0) is 50.3 Å². The van der Waals surface area contributed by atoms with Crippen LogP contribution in [0.1, 0.15) is 25.7 Å². The van der Waals surface area contributed by atoms with E-state index in [1.165, 1.54) is 18.5 Å². The molecule has 1 aliphatic carbocycles. The zero-order valence-electron chi connectivity index (χ0n) is 13.5. The molecule has 1 aromatic carbocycles. The van der Waals surface area contributed by atoms with E-state index in [-0.39, 0.29) is 5.91 Å². The van der Waals surface area contributed by atoms with E-state index in [1.54, 1.807) is 0 Å². The third-order valence-electron chi connectivity index (χ3n) is 4.93. The van der Waals surface area contributed by atoms with Crippen LogP contribution in [0.25, 0.3) is 0 Å². The van der Waals surface area contributed by atoms with Crippen molar-refractivity contribution in [3.8, 4) is 0 Å². The first-order chi connectivity index (χ1) is 10.7. The average molecular weight is 301 g/mol. The van der Waals surface area contributed by atoms with Gasteiger partial charge in [0.2, 0.25) is 5.91 Å². The third-order valence-corrected chi connectivity index (χ3v) is 4.93. The van der Waals surface area contributed by atoms with Gasteiger partial charge in [-0.2, -0.15) is 0 Å². The second-order valence-corrected chi connectivity index (χ2v) is 6.63. The summed E-state index contributed by atoms with van der Waals surface area (Å²) in [6.45, 7) is 3.28. The molecule has 0 bridgehead atoms. The summed E-state index contributed by atoms with van der Waals surface area (Å²) in [6.07, 6.45) is 4.77. The van der Waals surface area contributed by atoms with Gasteiger partial charge in [0.1, 0.15) is 0 Å². The molecule has 1 aliphatic heterocycles. The summed E-state index contributed by atoms with van der Waals surface area (Å²) in [4.78, 5) is 16.6. The molecule has 1 N–H and O–H groups in total. The molecule has 22 heavy (non-hydrogen) atoms. The van der Waals surface area contributed by atoms with Crippen LogP contribution in [0.15, 0.2) is 30.3 Å². The lowest BCUT2D eigenvalue weighted by Crippen LogP contribution is -2.48. The molecule has 2 fully saturated rings. The highest BCUT2D eigenvalue weighted by Gasteiger charge is 2.26. The highest BCUT2D eigenvalue weighted by atomic mass is 16.2. The van der Waals surface area contributed by atoms with Crippen LogP contribution in [0.2, 0.25) is 0 Å². The number of amides is 1. The van der Waals surface area contributed by atoms with Crippen LogP contribution in [-0.4, -0.2) is 50.1 Å². The average Bonchev–Trinajstić information content (AvgIpc) is 3.39. The SMILES string of the molecule is CN(c1ccccc1)C1CCN(C(=O)CNCC2CC2)CC1. The van der Waals surface area contributed by atoms with Crippen molar-refractivity contribution < 1.29 is 4.79 Å². The van der Waals surface area contributed by atoms with Gasteiger partial charge in [-0.25, -0.2) is 0 Å². The van der Waals surface area contributed by atoms with Crippen molar-refractivity contribution >= 4 is 11.6 Å². The van der Waals surface area contributed by atoms with Gasteiger partial charge in [0.05, 0.1) is 6.54 Å². The molecule has 1 saturated heterocycles. The summed E-state index contributed by atoms with van der Waals surface area (Å²) < 4.78 is 0. The van der Waals surface area contributed by atoms with Gasteiger partial charge in [-0.3, -0.25) is 4.79 Å². The Balaban J connectivity index is 1.42. The summed E-state index contributed by atoms with van der Waals surface area (Å²) in [5.41, 5.74) is 1.26. The van der Waals surface area contributed by atoms with Crippen molar-refractivity contribution in [2.75, 3.05) is 38.1 Å². The van der Waals surface area contributed by atoms with E-state index in [2.05, 4.69) is 41.5 Å². The number of nitrogens with one attached hydrogen (secondary N) is 1. The molecular formula is C18H27N3O. The first kappa shape index (κ1) is 15.3. The van der Waals surface area contributed by atoms with Gasteiger partial charge in [-0.15, -0.1) is 0 Å². The monoisotopic (exact) mass is 301 g/mol. The maximum Gasteiger partial charge on any atom is 0.236 e. The molecule has 0 unspecified atom stereocenters. The van der Waals surface area contributed by atoms with E-state index in [0.717, 1.165) is 38.4 Å². The standard InChI is InChI=1S/C18H27N3O/c1-20(16-5-3-2-4-6-16)17-9-11-21(12-10-17)18(22)14-19-13-15-7-8-15/h2-6,15,17,19H,7-14H2,1H3. The Kier molecular flexibility index (Phi) is 4.98. The van der Waals surface area contributed by atoms with Crippen LogP contribution < -0.4 is 10.2 Å². The molecule has 1 aromatic rings. The summed E-state index contributed by atoms with van der Waals surface area (Å²) in [7, 11) is 2.16. The van der Waals surface area contributed by atoms with E-state index >= 15 is 0 Å². The quantitative estimate of drug-likeness (QED) is 0.874. The van der Waals surface area contributed by atoms with Gasteiger partial charge in [0.25, 0.3) is 0 Å².